The van der Waals surface area contributed by atoms with Crippen molar-refractivity contribution in [1.82, 2.24) is 9.80 Å². The van der Waals surface area contributed by atoms with Crippen LogP contribution in [0.4, 0.5) is 0 Å². The van der Waals surface area contributed by atoms with E-state index in [9.17, 15) is 4.79 Å². The highest BCUT2D eigenvalue weighted by atomic mass is 32.2. The van der Waals surface area contributed by atoms with Gasteiger partial charge in [0.1, 0.15) is 0 Å². The van der Waals surface area contributed by atoms with Gasteiger partial charge in [-0.25, -0.2) is 0 Å². The molecule has 0 unspecified atom stereocenters. The van der Waals surface area contributed by atoms with Crippen molar-refractivity contribution in [2.45, 2.75) is 18.2 Å². The molecule has 1 aliphatic rings. The first-order valence-corrected chi connectivity index (χ1v) is 7.90. The quantitative estimate of drug-likeness (QED) is 0.791. The molecule has 1 aromatic carbocycles. The number of likely N-dealkylation sites (N-methyl/N-ethyl adjacent to an activating group) is 1. The smallest absolute Gasteiger partial charge is 0.253 e. The van der Waals surface area contributed by atoms with Crippen LogP contribution >= 0.6 is 11.8 Å². The molecule has 104 valence electrons. The first-order chi connectivity index (χ1) is 9.20. The summed E-state index contributed by atoms with van der Waals surface area (Å²) in [6.45, 7) is 5.79. The Hall–Kier alpha value is -1.00. The number of carbonyl (C=O) groups excluding carboxylic acids is 1. The Morgan fingerprint density at radius 2 is 1.79 bits per heavy atom. The minimum Gasteiger partial charge on any atom is -0.336 e. The summed E-state index contributed by atoms with van der Waals surface area (Å²) in [6, 6.07) is 8.03. The number of rotatable bonds is 4. The van der Waals surface area contributed by atoms with Crippen molar-refractivity contribution in [2.75, 3.05) is 39.0 Å². The molecule has 0 saturated carbocycles. The van der Waals surface area contributed by atoms with Gasteiger partial charge in [0.25, 0.3) is 5.91 Å². The minimum atomic E-state index is 0.167. The molecule has 0 spiro atoms. The van der Waals surface area contributed by atoms with E-state index >= 15 is 0 Å². The predicted octanol–water partition coefficient (Wildman–Crippen LogP) is 2.58. The number of carbonyl (C=O) groups is 1. The molecule has 0 bridgehead atoms. The van der Waals surface area contributed by atoms with Crippen LogP contribution < -0.4 is 0 Å². The summed E-state index contributed by atoms with van der Waals surface area (Å²) >= 11 is 1.85. The van der Waals surface area contributed by atoms with Crippen LogP contribution in [0.3, 0.4) is 0 Å². The molecule has 0 atom stereocenters. The fourth-order valence-electron chi connectivity index (χ4n) is 2.11. The van der Waals surface area contributed by atoms with Crippen molar-refractivity contribution in [3.05, 3.63) is 29.8 Å². The summed E-state index contributed by atoms with van der Waals surface area (Å²) in [5.41, 5.74) is 0.811. The van der Waals surface area contributed by atoms with E-state index in [4.69, 9.17) is 0 Å². The van der Waals surface area contributed by atoms with E-state index in [-0.39, 0.29) is 5.91 Å². The molecule has 0 radical (unpaired) electrons. The van der Waals surface area contributed by atoms with Gasteiger partial charge in [0.05, 0.1) is 0 Å². The van der Waals surface area contributed by atoms with Crippen LogP contribution in [-0.4, -0.2) is 54.7 Å². The van der Waals surface area contributed by atoms with Gasteiger partial charge in [-0.2, -0.15) is 0 Å². The largest absolute Gasteiger partial charge is 0.336 e. The lowest BCUT2D eigenvalue weighted by atomic mass is 10.2. The van der Waals surface area contributed by atoms with Gasteiger partial charge >= 0.3 is 0 Å². The third kappa shape index (κ3) is 3.98. The van der Waals surface area contributed by atoms with Crippen LogP contribution in [0.15, 0.2) is 29.2 Å². The van der Waals surface area contributed by atoms with Crippen molar-refractivity contribution in [1.29, 1.82) is 0 Å². The zero-order valence-electron chi connectivity index (χ0n) is 11.8. The first kappa shape index (κ1) is 14.4. The second-order valence-corrected chi connectivity index (χ2v) is 6.14. The van der Waals surface area contributed by atoms with E-state index in [0.717, 1.165) is 37.5 Å². The van der Waals surface area contributed by atoms with Gasteiger partial charge in [0.15, 0.2) is 0 Å². The molecule has 4 heteroatoms. The lowest BCUT2D eigenvalue weighted by molar-refractivity contribution is 0.0664. The number of hydrogen-bond donors (Lipinski definition) is 0. The third-order valence-electron chi connectivity index (χ3n) is 3.36. The second-order valence-electron chi connectivity index (χ2n) is 4.97. The molecule has 0 aromatic heterocycles. The van der Waals surface area contributed by atoms with Crippen LogP contribution in [0.2, 0.25) is 0 Å². The van der Waals surface area contributed by atoms with E-state index in [1.807, 2.05) is 28.8 Å². The van der Waals surface area contributed by atoms with E-state index in [0.29, 0.717) is 0 Å². The Labute approximate surface area is 120 Å². The van der Waals surface area contributed by atoms with E-state index in [2.05, 4.69) is 31.0 Å². The Morgan fingerprint density at radius 1 is 1.16 bits per heavy atom. The highest BCUT2D eigenvalue weighted by molar-refractivity contribution is 7.99. The summed E-state index contributed by atoms with van der Waals surface area (Å²) in [6.07, 6.45) is 1.17. The van der Waals surface area contributed by atoms with E-state index < -0.39 is 0 Å². The Morgan fingerprint density at radius 3 is 2.37 bits per heavy atom. The number of thioether (sulfide) groups is 1. The van der Waals surface area contributed by atoms with E-state index in [1.165, 1.54) is 11.3 Å². The fourth-order valence-corrected chi connectivity index (χ4v) is 2.87. The van der Waals surface area contributed by atoms with Crippen molar-refractivity contribution < 1.29 is 4.79 Å². The molecular weight excluding hydrogens is 256 g/mol. The first-order valence-electron chi connectivity index (χ1n) is 6.91. The zero-order valence-corrected chi connectivity index (χ0v) is 12.6. The summed E-state index contributed by atoms with van der Waals surface area (Å²) in [4.78, 5) is 17.8. The molecule has 1 heterocycles. The highest BCUT2D eigenvalue weighted by Gasteiger charge is 2.19. The summed E-state index contributed by atoms with van der Waals surface area (Å²) < 4.78 is 0. The monoisotopic (exact) mass is 278 g/mol. The second kappa shape index (κ2) is 6.96. The molecule has 1 aromatic rings. The lowest BCUT2D eigenvalue weighted by Crippen LogP contribution is -2.47. The zero-order chi connectivity index (χ0) is 13.7. The molecule has 1 saturated heterocycles. The highest BCUT2D eigenvalue weighted by Crippen LogP contribution is 2.19. The van der Waals surface area contributed by atoms with Crippen molar-refractivity contribution >= 4 is 17.7 Å². The Bertz CT molecular complexity index is 411. The minimum absolute atomic E-state index is 0.167. The predicted molar refractivity (Wildman–Crippen MR) is 80.9 cm³/mol. The van der Waals surface area contributed by atoms with Gasteiger partial charge in [0.2, 0.25) is 0 Å². The van der Waals surface area contributed by atoms with Crippen molar-refractivity contribution in [2.24, 2.45) is 0 Å². The van der Waals surface area contributed by atoms with Crippen LogP contribution in [0, 0.1) is 0 Å². The average Bonchev–Trinajstić information content (AvgIpc) is 2.46. The maximum Gasteiger partial charge on any atom is 0.253 e. The number of piperazine rings is 1. The van der Waals surface area contributed by atoms with Gasteiger partial charge < -0.3 is 9.80 Å². The molecule has 1 fully saturated rings. The van der Waals surface area contributed by atoms with Gasteiger partial charge in [0, 0.05) is 36.6 Å². The molecule has 3 nitrogen and oxygen atoms in total. The van der Waals surface area contributed by atoms with Gasteiger partial charge in [-0.05, 0) is 43.5 Å². The lowest BCUT2D eigenvalue weighted by Gasteiger charge is -2.32. The van der Waals surface area contributed by atoms with Gasteiger partial charge in [-0.3, -0.25) is 4.79 Å². The fraction of sp³-hybridized carbons (Fsp3) is 0.533. The van der Waals surface area contributed by atoms with Crippen molar-refractivity contribution in [3.63, 3.8) is 0 Å². The molecule has 19 heavy (non-hydrogen) atoms. The standard InChI is InChI=1S/C15H22N2OS/c1-3-12-19-14-6-4-13(5-7-14)15(18)17-10-8-16(2)9-11-17/h4-7H,3,8-12H2,1-2H3. The van der Waals surface area contributed by atoms with Crippen LogP contribution in [-0.2, 0) is 0 Å². The summed E-state index contributed by atoms with van der Waals surface area (Å²) in [7, 11) is 2.10. The maximum atomic E-state index is 12.3. The number of benzene rings is 1. The SMILES string of the molecule is CCCSc1ccc(C(=O)N2CCN(C)CC2)cc1. The molecule has 2 rings (SSSR count). The van der Waals surface area contributed by atoms with Gasteiger partial charge in [-0.15, -0.1) is 11.8 Å². The Kier molecular flexibility index (Phi) is 5.28. The molecule has 0 N–H and O–H groups in total. The molecule has 1 aliphatic heterocycles. The average molecular weight is 278 g/mol. The Balaban J connectivity index is 1.95. The summed E-state index contributed by atoms with van der Waals surface area (Å²) in [5.74, 6) is 1.30. The molecule has 0 aliphatic carbocycles. The molecular formula is C15H22N2OS. The normalized spacial score (nSPS) is 16.6. The van der Waals surface area contributed by atoms with Crippen LogP contribution in [0.1, 0.15) is 23.7 Å². The maximum absolute atomic E-state index is 12.3. The third-order valence-corrected chi connectivity index (χ3v) is 4.58. The number of amides is 1. The summed E-state index contributed by atoms with van der Waals surface area (Å²) in [5, 5.41) is 0. The topological polar surface area (TPSA) is 23.6 Å². The van der Waals surface area contributed by atoms with Crippen LogP contribution in [0.25, 0.3) is 0 Å². The number of hydrogen-bond acceptors (Lipinski definition) is 3. The van der Waals surface area contributed by atoms with Crippen LogP contribution in [0.5, 0.6) is 0 Å². The number of nitrogens with zero attached hydrogens (tertiary/aromatic N) is 2. The van der Waals surface area contributed by atoms with Gasteiger partial charge in [-0.1, -0.05) is 6.92 Å². The molecule has 1 amide bonds. The van der Waals surface area contributed by atoms with E-state index in [1.54, 1.807) is 0 Å². The van der Waals surface area contributed by atoms with Crippen molar-refractivity contribution in [3.8, 4) is 0 Å².